The van der Waals surface area contributed by atoms with Gasteiger partial charge in [0.05, 0.1) is 24.4 Å². The van der Waals surface area contributed by atoms with Crippen LogP contribution in [0.3, 0.4) is 0 Å². The summed E-state index contributed by atoms with van der Waals surface area (Å²) in [5.41, 5.74) is 3.96. The number of methoxy groups -OCH3 is 1. The molecule has 0 spiro atoms. The fourth-order valence-corrected chi connectivity index (χ4v) is 2.76. The van der Waals surface area contributed by atoms with E-state index in [-0.39, 0.29) is 0 Å². The van der Waals surface area contributed by atoms with Gasteiger partial charge in [0.2, 0.25) is 0 Å². The first-order valence-electron chi connectivity index (χ1n) is 6.36. The SMILES string of the molecule is COc1c2c(nc3cc(C)ccc13)C(O)CCC2. The van der Waals surface area contributed by atoms with Crippen LogP contribution in [0.5, 0.6) is 5.75 Å². The molecule has 1 aromatic heterocycles. The van der Waals surface area contributed by atoms with Crippen molar-refractivity contribution in [3.8, 4) is 5.75 Å². The number of hydrogen-bond donors (Lipinski definition) is 1. The number of aromatic nitrogens is 1. The lowest BCUT2D eigenvalue weighted by molar-refractivity contribution is 0.151. The van der Waals surface area contributed by atoms with Crippen molar-refractivity contribution in [1.29, 1.82) is 0 Å². The molecular weight excluding hydrogens is 226 g/mol. The normalized spacial score (nSPS) is 18.7. The highest BCUT2D eigenvalue weighted by atomic mass is 16.5. The summed E-state index contributed by atoms with van der Waals surface area (Å²) in [5.74, 6) is 0.883. The Morgan fingerprint density at radius 3 is 3.00 bits per heavy atom. The van der Waals surface area contributed by atoms with E-state index in [0.717, 1.165) is 47.2 Å². The fourth-order valence-electron chi connectivity index (χ4n) is 2.76. The van der Waals surface area contributed by atoms with E-state index in [1.54, 1.807) is 7.11 Å². The van der Waals surface area contributed by atoms with Crippen LogP contribution < -0.4 is 4.74 Å². The Labute approximate surface area is 106 Å². The summed E-state index contributed by atoms with van der Waals surface area (Å²) in [5, 5.41) is 11.1. The summed E-state index contributed by atoms with van der Waals surface area (Å²) < 4.78 is 5.56. The molecule has 0 radical (unpaired) electrons. The highest BCUT2D eigenvalue weighted by molar-refractivity contribution is 5.87. The van der Waals surface area contributed by atoms with Crippen LogP contribution in [0, 0.1) is 6.92 Å². The van der Waals surface area contributed by atoms with Crippen LogP contribution in [-0.2, 0) is 6.42 Å². The molecule has 1 aromatic carbocycles. The van der Waals surface area contributed by atoms with E-state index in [2.05, 4.69) is 17.1 Å². The minimum atomic E-state index is -0.451. The standard InChI is InChI=1S/C15H17NO2/c1-9-6-7-10-12(8-9)16-14-11(15(10)18-2)4-3-5-13(14)17/h6-8,13,17H,3-5H2,1-2H3. The predicted molar refractivity (Wildman–Crippen MR) is 70.9 cm³/mol. The molecule has 94 valence electrons. The number of fused-ring (bicyclic) bond motifs is 2. The number of rotatable bonds is 1. The van der Waals surface area contributed by atoms with Crippen molar-refractivity contribution in [2.24, 2.45) is 0 Å². The zero-order valence-electron chi connectivity index (χ0n) is 10.7. The van der Waals surface area contributed by atoms with Crippen LogP contribution >= 0.6 is 0 Å². The van der Waals surface area contributed by atoms with Gasteiger partial charge in [0, 0.05) is 10.9 Å². The van der Waals surface area contributed by atoms with Crippen molar-refractivity contribution >= 4 is 10.9 Å². The van der Waals surface area contributed by atoms with Gasteiger partial charge in [-0.3, -0.25) is 0 Å². The van der Waals surface area contributed by atoms with Crippen molar-refractivity contribution < 1.29 is 9.84 Å². The van der Waals surface area contributed by atoms with E-state index >= 15 is 0 Å². The maximum absolute atomic E-state index is 10.1. The van der Waals surface area contributed by atoms with E-state index < -0.39 is 6.10 Å². The molecule has 0 amide bonds. The Kier molecular flexibility index (Phi) is 2.71. The van der Waals surface area contributed by atoms with E-state index in [0.29, 0.717) is 0 Å². The monoisotopic (exact) mass is 243 g/mol. The Hall–Kier alpha value is -1.61. The van der Waals surface area contributed by atoms with E-state index in [1.165, 1.54) is 5.56 Å². The number of ether oxygens (including phenoxy) is 1. The summed E-state index contributed by atoms with van der Waals surface area (Å²) in [4.78, 5) is 4.64. The molecule has 2 aromatic rings. The average Bonchev–Trinajstić information content (AvgIpc) is 2.37. The Bertz CT molecular complexity index is 607. The van der Waals surface area contributed by atoms with Gasteiger partial charge in [0.1, 0.15) is 5.75 Å². The Morgan fingerprint density at radius 1 is 1.39 bits per heavy atom. The zero-order valence-corrected chi connectivity index (χ0v) is 10.7. The molecular formula is C15H17NO2. The molecule has 3 rings (SSSR count). The summed E-state index contributed by atoms with van der Waals surface area (Å²) in [7, 11) is 1.69. The summed E-state index contributed by atoms with van der Waals surface area (Å²) in [6, 6.07) is 6.16. The number of aryl methyl sites for hydroxylation is 1. The molecule has 1 aliphatic rings. The molecule has 1 aliphatic carbocycles. The van der Waals surface area contributed by atoms with Crippen LogP contribution in [-0.4, -0.2) is 17.2 Å². The average molecular weight is 243 g/mol. The largest absolute Gasteiger partial charge is 0.496 e. The van der Waals surface area contributed by atoms with E-state index in [4.69, 9.17) is 4.74 Å². The van der Waals surface area contributed by atoms with E-state index in [9.17, 15) is 5.11 Å². The number of aliphatic hydroxyl groups is 1. The van der Waals surface area contributed by atoms with Gasteiger partial charge in [-0.25, -0.2) is 4.98 Å². The lowest BCUT2D eigenvalue weighted by Gasteiger charge is -2.23. The Morgan fingerprint density at radius 2 is 2.22 bits per heavy atom. The third-order valence-corrected chi connectivity index (χ3v) is 3.65. The van der Waals surface area contributed by atoms with Crippen LogP contribution in [0.4, 0.5) is 0 Å². The number of benzene rings is 1. The highest BCUT2D eigenvalue weighted by Crippen LogP contribution is 2.38. The van der Waals surface area contributed by atoms with Gasteiger partial charge in [0.25, 0.3) is 0 Å². The molecule has 0 fully saturated rings. The maximum Gasteiger partial charge on any atom is 0.133 e. The molecule has 1 atom stereocenters. The summed E-state index contributed by atoms with van der Waals surface area (Å²) in [6.45, 7) is 2.05. The predicted octanol–water partition coefficient (Wildman–Crippen LogP) is 2.92. The molecule has 3 nitrogen and oxygen atoms in total. The molecule has 1 N–H and O–H groups in total. The number of aliphatic hydroxyl groups excluding tert-OH is 1. The first kappa shape index (κ1) is 11.5. The van der Waals surface area contributed by atoms with Gasteiger partial charge in [0.15, 0.2) is 0 Å². The fraction of sp³-hybridized carbons (Fsp3) is 0.400. The minimum Gasteiger partial charge on any atom is -0.496 e. The van der Waals surface area contributed by atoms with E-state index in [1.807, 2.05) is 13.0 Å². The molecule has 0 saturated carbocycles. The Balaban J connectivity index is 2.35. The van der Waals surface area contributed by atoms with Gasteiger partial charge in [-0.15, -0.1) is 0 Å². The molecule has 0 bridgehead atoms. The van der Waals surface area contributed by atoms with Gasteiger partial charge in [-0.1, -0.05) is 6.07 Å². The van der Waals surface area contributed by atoms with Crippen molar-refractivity contribution in [3.63, 3.8) is 0 Å². The van der Waals surface area contributed by atoms with Gasteiger partial charge >= 0.3 is 0 Å². The second-order valence-electron chi connectivity index (χ2n) is 4.94. The van der Waals surface area contributed by atoms with Crippen LogP contribution in [0.25, 0.3) is 10.9 Å². The third kappa shape index (κ3) is 1.66. The molecule has 18 heavy (non-hydrogen) atoms. The van der Waals surface area contributed by atoms with Crippen LogP contribution in [0.1, 0.15) is 35.8 Å². The summed E-state index contributed by atoms with van der Waals surface area (Å²) >= 11 is 0. The van der Waals surface area contributed by atoms with Crippen molar-refractivity contribution in [2.75, 3.05) is 7.11 Å². The second kappa shape index (κ2) is 4.25. The lowest BCUT2D eigenvalue weighted by atomic mass is 9.91. The smallest absolute Gasteiger partial charge is 0.133 e. The quantitative estimate of drug-likeness (QED) is 0.837. The number of hydrogen-bond acceptors (Lipinski definition) is 3. The molecule has 0 saturated heterocycles. The lowest BCUT2D eigenvalue weighted by Crippen LogP contribution is -2.13. The van der Waals surface area contributed by atoms with Crippen molar-refractivity contribution in [1.82, 2.24) is 4.98 Å². The minimum absolute atomic E-state index is 0.451. The van der Waals surface area contributed by atoms with Gasteiger partial charge in [-0.2, -0.15) is 0 Å². The van der Waals surface area contributed by atoms with Gasteiger partial charge in [-0.05, 0) is 43.9 Å². The molecule has 1 heterocycles. The molecule has 0 aliphatic heterocycles. The first-order chi connectivity index (χ1) is 8.70. The van der Waals surface area contributed by atoms with Crippen molar-refractivity contribution in [2.45, 2.75) is 32.3 Å². The zero-order chi connectivity index (χ0) is 12.7. The third-order valence-electron chi connectivity index (χ3n) is 3.65. The maximum atomic E-state index is 10.1. The second-order valence-corrected chi connectivity index (χ2v) is 4.94. The molecule has 1 unspecified atom stereocenters. The molecule has 3 heteroatoms. The highest BCUT2D eigenvalue weighted by Gasteiger charge is 2.24. The van der Waals surface area contributed by atoms with Crippen molar-refractivity contribution in [3.05, 3.63) is 35.0 Å². The first-order valence-corrected chi connectivity index (χ1v) is 6.36. The van der Waals surface area contributed by atoms with Crippen LogP contribution in [0.15, 0.2) is 18.2 Å². The van der Waals surface area contributed by atoms with Gasteiger partial charge < -0.3 is 9.84 Å². The van der Waals surface area contributed by atoms with Crippen LogP contribution in [0.2, 0.25) is 0 Å². The topological polar surface area (TPSA) is 42.4 Å². The summed E-state index contributed by atoms with van der Waals surface area (Å²) in [6.07, 6.45) is 2.27. The number of pyridine rings is 1. The number of nitrogens with zero attached hydrogens (tertiary/aromatic N) is 1.